The normalized spacial score (nSPS) is 10.2. The Balaban J connectivity index is 2.64. The molecule has 1 aromatic rings. The fourth-order valence-corrected chi connectivity index (χ4v) is 1.79. The molecule has 0 heterocycles. The molecule has 1 amide bonds. The number of halogens is 1. The van der Waals surface area contributed by atoms with Crippen molar-refractivity contribution in [2.24, 2.45) is 0 Å². The number of carboxylic acids is 1. The smallest absolute Gasteiger partial charge is 0.339 e. The van der Waals surface area contributed by atoms with Crippen molar-refractivity contribution in [3.05, 3.63) is 28.8 Å². The third kappa shape index (κ3) is 4.89. The lowest BCUT2D eigenvalue weighted by molar-refractivity contribution is -0.116. The molecular formula is C13H16ClNO4. The van der Waals surface area contributed by atoms with Crippen molar-refractivity contribution in [1.29, 1.82) is 0 Å². The summed E-state index contributed by atoms with van der Waals surface area (Å²) in [5.41, 5.74) is 0.115. The highest BCUT2D eigenvalue weighted by atomic mass is 35.5. The molecule has 0 atom stereocenters. The first kappa shape index (κ1) is 15.5. The first-order chi connectivity index (χ1) is 9.06. The maximum atomic E-state index is 11.7. The number of ether oxygens (including phenoxy) is 1. The molecule has 6 heteroatoms. The number of carbonyl (C=O) groups is 2. The van der Waals surface area contributed by atoms with Gasteiger partial charge in [0.1, 0.15) is 5.56 Å². The highest BCUT2D eigenvalue weighted by molar-refractivity contribution is 6.34. The van der Waals surface area contributed by atoms with E-state index in [1.807, 2.05) is 6.92 Å². The van der Waals surface area contributed by atoms with Crippen molar-refractivity contribution in [3.63, 3.8) is 0 Å². The van der Waals surface area contributed by atoms with Crippen LogP contribution in [-0.2, 0) is 9.53 Å². The molecule has 0 radical (unpaired) electrons. The molecule has 5 nitrogen and oxygen atoms in total. The van der Waals surface area contributed by atoms with E-state index in [-0.39, 0.29) is 28.6 Å². The summed E-state index contributed by atoms with van der Waals surface area (Å²) in [6.07, 6.45) is 0.855. The summed E-state index contributed by atoms with van der Waals surface area (Å²) >= 11 is 5.80. The quantitative estimate of drug-likeness (QED) is 0.755. The van der Waals surface area contributed by atoms with E-state index in [1.54, 1.807) is 6.07 Å². The van der Waals surface area contributed by atoms with Gasteiger partial charge in [-0.25, -0.2) is 4.79 Å². The maximum Gasteiger partial charge on any atom is 0.339 e. The zero-order valence-electron chi connectivity index (χ0n) is 10.6. The highest BCUT2D eigenvalue weighted by Gasteiger charge is 2.15. The monoisotopic (exact) mass is 285 g/mol. The van der Waals surface area contributed by atoms with E-state index in [9.17, 15) is 9.59 Å². The Hall–Kier alpha value is -1.59. The average Bonchev–Trinajstić information content (AvgIpc) is 2.34. The van der Waals surface area contributed by atoms with Crippen molar-refractivity contribution in [2.75, 3.05) is 18.5 Å². The zero-order chi connectivity index (χ0) is 14.3. The standard InChI is InChI=1S/C13H16ClNO4/c1-2-19-8-4-7-11(16)15-10-6-3-5-9(14)12(10)13(17)18/h3,5-6H,2,4,7-8H2,1H3,(H,15,16)(H,17,18). The van der Waals surface area contributed by atoms with Gasteiger partial charge in [-0.15, -0.1) is 0 Å². The van der Waals surface area contributed by atoms with Gasteiger partial charge in [0.25, 0.3) is 0 Å². The highest BCUT2D eigenvalue weighted by Crippen LogP contribution is 2.24. The summed E-state index contributed by atoms with van der Waals surface area (Å²) in [5.74, 6) is -1.43. The van der Waals surface area contributed by atoms with Crippen LogP contribution in [0.15, 0.2) is 18.2 Å². The third-order valence-electron chi connectivity index (χ3n) is 2.40. The Kier molecular flexibility index (Phi) is 6.32. The molecule has 0 spiro atoms. The molecule has 104 valence electrons. The van der Waals surface area contributed by atoms with Crippen LogP contribution in [-0.4, -0.2) is 30.2 Å². The topological polar surface area (TPSA) is 75.6 Å². The lowest BCUT2D eigenvalue weighted by Crippen LogP contribution is -2.15. The second-order valence-corrected chi connectivity index (χ2v) is 4.22. The molecule has 0 aliphatic carbocycles. The first-order valence-electron chi connectivity index (χ1n) is 5.95. The van der Waals surface area contributed by atoms with Crippen molar-refractivity contribution < 1.29 is 19.4 Å². The number of nitrogens with one attached hydrogen (secondary N) is 1. The Morgan fingerprint density at radius 3 is 2.79 bits per heavy atom. The number of carbonyl (C=O) groups excluding carboxylic acids is 1. The summed E-state index contributed by atoms with van der Waals surface area (Å²) in [6, 6.07) is 4.57. The van der Waals surface area contributed by atoms with E-state index >= 15 is 0 Å². The fourth-order valence-electron chi connectivity index (χ4n) is 1.54. The van der Waals surface area contributed by atoms with Gasteiger partial charge in [0.2, 0.25) is 5.91 Å². The Morgan fingerprint density at radius 2 is 2.16 bits per heavy atom. The molecule has 0 fully saturated rings. The number of rotatable bonds is 7. The van der Waals surface area contributed by atoms with Crippen LogP contribution in [0.25, 0.3) is 0 Å². The van der Waals surface area contributed by atoms with Crippen molar-refractivity contribution in [3.8, 4) is 0 Å². The van der Waals surface area contributed by atoms with Crippen LogP contribution in [0.5, 0.6) is 0 Å². The lowest BCUT2D eigenvalue weighted by atomic mass is 10.1. The minimum atomic E-state index is -1.17. The number of benzene rings is 1. The Bertz CT molecular complexity index is 462. The van der Waals surface area contributed by atoms with E-state index in [0.29, 0.717) is 19.6 Å². The average molecular weight is 286 g/mol. The minimum Gasteiger partial charge on any atom is -0.478 e. The Morgan fingerprint density at radius 1 is 1.42 bits per heavy atom. The molecule has 1 rings (SSSR count). The van der Waals surface area contributed by atoms with E-state index in [4.69, 9.17) is 21.4 Å². The molecule has 1 aromatic carbocycles. The van der Waals surface area contributed by atoms with Gasteiger partial charge in [0.15, 0.2) is 0 Å². The number of amides is 1. The largest absolute Gasteiger partial charge is 0.478 e. The van der Waals surface area contributed by atoms with Gasteiger partial charge in [-0.05, 0) is 25.5 Å². The first-order valence-corrected chi connectivity index (χ1v) is 6.33. The summed E-state index contributed by atoms with van der Waals surface area (Å²) < 4.78 is 5.12. The summed E-state index contributed by atoms with van der Waals surface area (Å²) in [4.78, 5) is 22.7. The molecule has 0 bridgehead atoms. The van der Waals surface area contributed by atoms with Gasteiger partial charge in [-0.1, -0.05) is 17.7 Å². The van der Waals surface area contributed by atoms with Gasteiger partial charge < -0.3 is 15.2 Å². The number of hydrogen-bond donors (Lipinski definition) is 2. The van der Waals surface area contributed by atoms with Gasteiger partial charge in [-0.3, -0.25) is 4.79 Å². The van der Waals surface area contributed by atoms with E-state index in [1.165, 1.54) is 12.1 Å². The third-order valence-corrected chi connectivity index (χ3v) is 2.71. The molecule has 0 aromatic heterocycles. The van der Waals surface area contributed by atoms with Crippen LogP contribution in [0.4, 0.5) is 5.69 Å². The number of aromatic carboxylic acids is 1. The molecular weight excluding hydrogens is 270 g/mol. The van der Waals surface area contributed by atoms with Crippen molar-refractivity contribution in [2.45, 2.75) is 19.8 Å². The van der Waals surface area contributed by atoms with Crippen LogP contribution >= 0.6 is 11.6 Å². The SMILES string of the molecule is CCOCCCC(=O)Nc1cccc(Cl)c1C(=O)O. The van der Waals surface area contributed by atoms with Gasteiger partial charge in [0.05, 0.1) is 10.7 Å². The van der Waals surface area contributed by atoms with Crippen molar-refractivity contribution in [1.82, 2.24) is 0 Å². The number of hydrogen-bond acceptors (Lipinski definition) is 3. The number of anilines is 1. The second-order valence-electron chi connectivity index (χ2n) is 3.82. The van der Waals surface area contributed by atoms with Crippen LogP contribution in [0.1, 0.15) is 30.1 Å². The van der Waals surface area contributed by atoms with Gasteiger partial charge in [-0.2, -0.15) is 0 Å². The molecule has 0 saturated carbocycles. The van der Waals surface area contributed by atoms with Gasteiger partial charge >= 0.3 is 5.97 Å². The molecule has 19 heavy (non-hydrogen) atoms. The minimum absolute atomic E-state index is 0.0951. The summed E-state index contributed by atoms with van der Waals surface area (Å²) in [5, 5.41) is 11.7. The fraction of sp³-hybridized carbons (Fsp3) is 0.385. The molecule has 2 N–H and O–H groups in total. The predicted molar refractivity (Wildman–Crippen MR) is 72.8 cm³/mol. The van der Waals surface area contributed by atoms with Crippen LogP contribution in [0.3, 0.4) is 0 Å². The van der Waals surface area contributed by atoms with Crippen molar-refractivity contribution >= 4 is 29.2 Å². The second kappa shape index (κ2) is 7.76. The lowest BCUT2D eigenvalue weighted by Gasteiger charge is -2.09. The summed E-state index contributed by atoms with van der Waals surface area (Å²) in [6.45, 7) is 3.00. The number of carboxylic acid groups (broad SMARTS) is 1. The van der Waals surface area contributed by atoms with E-state index in [2.05, 4.69) is 5.32 Å². The molecule has 0 aliphatic heterocycles. The molecule has 0 aliphatic rings. The van der Waals surface area contributed by atoms with Crippen LogP contribution in [0, 0.1) is 0 Å². The van der Waals surface area contributed by atoms with Gasteiger partial charge in [0, 0.05) is 19.6 Å². The predicted octanol–water partition coefficient (Wildman–Crippen LogP) is 2.79. The molecule has 0 saturated heterocycles. The molecule has 0 unspecified atom stereocenters. The Labute approximate surface area is 116 Å². The van der Waals surface area contributed by atoms with Crippen LogP contribution < -0.4 is 5.32 Å². The summed E-state index contributed by atoms with van der Waals surface area (Å²) in [7, 11) is 0. The van der Waals surface area contributed by atoms with E-state index in [0.717, 1.165) is 0 Å². The van der Waals surface area contributed by atoms with E-state index < -0.39 is 5.97 Å². The zero-order valence-corrected chi connectivity index (χ0v) is 11.4. The van der Waals surface area contributed by atoms with Crippen LogP contribution in [0.2, 0.25) is 5.02 Å². The maximum absolute atomic E-state index is 11.7.